The third-order valence-corrected chi connectivity index (χ3v) is 3.54. The van der Waals surface area contributed by atoms with Gasteiger partial charge in [0.15, 0.2) is 0 Å². The normalized spacial score (nSPS) is 12.5. The van der Waals surface area contributed by atoms with E-state index in [0.717, 1.165) is 21.3 Å². The Morgan fingerprint density at radius 1 is 1.15 bits per heavy atom. The van der Waals surface area contributed by atoms with E-state index in [1.165, 1.54) is 0 Å². The van der Waals surface area contributed by atoms with Crippen molar-refractivity contribution >= 4 is 15.9 Å². The quantitative estimate of drug-likeness (QED) is 0.871. The van der Waals surface area contributed by atoms with E-state index in [4.69, 9.17) is 4.74 Å². The van der Waals surface area contributed by atoms with Crippen molar-refractivity contribution in [2.45, 2.75) is 32.8 Å². The molecule has 0 saturated carbocycles. The van der Waals surface area contributed by atoms with Crippen LogP contribution in [-0.2, 0) is 0 Å². The van der Waals surface area contributed by atoms with Gasteiger partial charge in [-0.3, -0.25) is 0 Å². The monoisotopic (exact) mass is 335 g/mol. The van der Waals surface area contributed by atoms with Crippen molar-refractivity contribution in [1.82, 2.24) is 4.98 Å². The van der Waals surface area contributed by atoms with Crippen LogP contribution in [0.4, 0.5) is 0 Å². The Kier molecular flexibility index (Phi) is 4.78. The zero-order chi connectivity index (χ0) is 14.7. The van der Waals surface area contributed by atoms with E-state index in [9.17, 15) is 5.11 Å². The first-order chi connectivity index (χ1) is 9.47. The molecule has 0 spiro atoms. The van der Waals surface area contributed by atoms with Gasteiger partial charge in [0, 0.05) is 16.7 Å². The highest BCUT2D eigenvalue weighted by molar-refractivity contribution is 9.10. The second kappa shape index (κ2) is 6.37. The van der Waals surface area contributed by atoms with Gasteiger partial charge in [-0.05, 0) is 48.2 Å². The van der Waals surface area contributed by atoms with E-state index < -0.39 is 6.10 Å². The molecule has 0 aliphatic rings. The number of hydrogen-bond donors (Lipinski definition) is 1. The van der Waals surface area contributed by atoms with E-state index >= 15 is 0 Å². The third-order valence-electron chi connectivity index (χ3n) is 3.05. The van der Waals surface area contributed by atoms with E-state index in [0.29, 0.717) is 11.8 Å². The van der Waals surface area contributed by atoms with Gasteiger partial charge in [0.25, 0.3) is 0 Å². The van der Waals surface area contributed by atoms with Gasteiger partial charge in [0.2, 0.25) is 5.88 Å². The van der Waals surface area contributed by atoms with Gasteiger partial charge in [0.1, 0.15) is 5.75 Å². The molecule has 0 aliphatic heterocycles. The molecule has 1 aromatic heterocycles. The van der Waals surface area contributed by atoms with Gasteiger partial charge in [-0.2, -0.15) is 0 Å². The summed E-state index contributed by atoms with van der Waals surface area (Å²) in [6, 6.07) is 9.54. The Morgan fingerprint density at radius 3 is 2.45 bits per heavy atom. The minimum Gasteiger partial charge on any atom is -0.439 e. The maximum absolute atomic E-state index is 9.47. The minimum absolute atomic E-state index is 0.360. The number of ether oxygens (including phenoxy) is 1. The predicted octanol–water partition coefficient (Wildman–Crippen LogP) is 4.81. The van der Waals surface area contributed by atoms with E-state index in [-0.39, 0.29) is 0 Å². The lowest BCUT2D eigenvalue weighted by molar-refractivity contribution is 0.198. The molecule has 0 radical (unpaired) electrons. The molecular formula is C16H18BrNO2. The average Bonchev–Trinajstić information content (AvgIpc) is 2.41. The van der Waals surface area contributed by atoms with Crippen LogP contribution < -0.4 is 4.74 Å². The third kappa shape index (κ3) is 3.58. The van der Waals surface area contributed by atoms with Crippen LogP contribution in [0.25, 0.3) is 0 Å². The number of rotatable bonds is 4. The molecular weight excluding hydrogens is 318 g/mol. The molecule has 1 atom stereocenters. The Balaban J connectivity index is 2.25. The molecule has 0 amide bonds. The number of pyridine rings is 1. The lowest BCUT2D eigenvalue weighted by Gasteiger charge is -2.14. The molecule has 1 N–H and O–H groups in total. The summed E-state index contributed by atoms with van der Waals surface area (Å²) in [6.07, 6.45) is 1.11. The Bertz CT molecular complexity index is 580. The van der Waals surface area contributed by atoms with E-state index in [2.05, 4.69) is 40.8 Å². The van der Waals surface area contributed by atoms with Gasteiger partial charge in [-0.25, -0.2) is 4.98 Å². The van der Waals surface area contributed by atoms with Crippen molar-refractivity contribution in [2.75, 3.05) is 0 Å². The Labute approximate surface area is 127 Å². The van der Waals surface area contributed by atoms with Gasteiger partial charge in [-0.15, -0.1) is 0 Å². The highest BCUT2D eigenvalue weighted by atomic mass is 79.9. The number of aliphatic hydroxyl groups excluding tert-OH is 1. The van der Waals surface area contributed by atoms with Crippen LogP contribution in [0.15, 0.2) is 41.0 Å². The van der Waals surface area contributed by atoms with Crippen molar-refractivity contribution < 1.29 is 9.84 Å². The number of benzene rings is 1. The first-order valence-corrected chi connectivity index (χ1v) is 7.38. The molecule has 2 rings (SSSR count). The van der Waals surface area contributed by atoms with Crippen molar-refractivity contribution in [3.05, 3.63) is 52.1 Å². The second-order valence-corrected chi connectivity index (χ2v) is 5.96. The molecule has 4 heteroatoms. The minimum atomic E-state index is -0.518. The standard InChI is InChI=1S/C16H18BrNO2/c1-10(2)14-8-13(17)5-6-15(14)20-16-7-4-12(9-18-16)11(3)19/h4-11,19H,1-3H3. The SMILES string of the molecule is CC(C)c1cc(Br)ccc1Oc1ccc(C(C)O)cn1. The van der Waals surface area contributed by atoms with Gasteiger partial charge in [-0.1, -0.05) is 29.8 Å². The van der Waals surface area contributed by atoms with Crippen LogP contribution in [0.5, 0.6) is 11.6 Å². The fourth-order valence-electron chi connectivity index (χ4n) is 1.88. The molecule has 3 nitrogen and oxygen atoms in total. The first kappa shape index (κ1) is 15.0. The largest absolute Gasteiger partial charge is 0.439 e. The lowest BCUT2D eigenvalue weighted by Crippen LogP contribution is -1.97. The summed E-state index contributed by atoms with van der Waals surface area (Å²) in [4.78, 5) is 4.22. The zero-order valence-corrected chi connectivity index (χ0v) is 13.4. The summed E-state index contributed by atoms with van der Waals surface area (Å²) in [6.45, 7) is 5.96. The second-order valence-electron chi connectivity index (χ2n) is 5.04. The molecule has 0 fully saturated rings. The fraction of sp³-hybridized carbons (Fsp3) is 0.312. The molecule has 2 aromatic rings. The summed E-state index contributed by atoms with van der Waals surface area (Å²) in [5, 5.41) is 9.47. The molecule has 0 saturated heterocycles. The summed E-state index contributed by atoms with van der Waals surface area (Å²) in [5.74, 6) is 1.69. The highest BCUT2D eigenvalue weighted by Crippen LogP contribution is 2.32. The van der Waals surface area contributed by atoms with Crippen molar-refractivity contribution in [1.29, 1.82) is 0 Å². The smallest absolute Gasteiger partial charge is 0.219 e. The molecule has 106 valence electrons. The van der Waals surface area contributed by atoms with Gasteiger partial charge in [0.05, 0.1) is 6.10 Å². The lowest BCUT2D eigenvalue weighted by atomic mass is 10.0. The maximum Gasteiger partial charge on any atom is 0.219 e. The van der Waals surface area contributed by atoms with Crippen molar-refractivity contribution in [2.24, 2.45) is 0 Å². The first-order valence-electron chi connectivity index (χ1n) is 6.58. The van der Waals surface area contributed by atoms with Gasteiger partial charge < -0.3 is 9.84 Å². The summed E-state index contributed by atoms with van der Waals surface area (Å²) in [5.41, 5.74) is 1.90. The molecule has 0 bridgehead atoms. The van der Waals surface area contributed by atoms with Crippen LogP contribution in [0.3, 0.4) is 0 Å². The highest BCUT2D eigenvalue weighted by Gasteiger charge is 2.10. The van der Waals surface area contributed by atoms with Gasteiger partial charge >= 0.3 is 0 Å². The molecule has 1 aromatic carbocycles. The van der Waals surface area contributed by atoms with Crippen LogP contribution >= 0.6 is 15.9 Å². The number of aliphatic hydroxyl groups is 1. The average molecular weight is 336 g/mol. The van der Waals surface area contributed by atoms with Crippen LogP contribution in [0.2, 0.25) is 0 Å². The van der Waals surface area contributed by atoms with Crippen LogP contribution in [0, 0.1) is 0 Å². The molecule has 0 aliphatic carbocycles. The summed E-state index contributed by atoms with van der Waals surface area (Å²) >= 11 is 3.48. The maximum atomic E-state index is 9.47. The summed E-state index contributed by atoms with van der Waals surface area (Å²) in [7, 11) is 0. The molecule has 1 unspecified atom stereocenters. The number of nitrogens with zero attached hydrogens (tertiary/aromatic N) is 1. The number of hydrogen-bond acceptors (Lipinski definition) is 3. The Hall–Kier alpha value is -1.39. The molecule has 1 heterocycles. The van der Waals surface area contributed by atoms with E-state index in [1.54, 1.807) is 19.2 Å². The molecule has 20 heavy (non-hydrogen) atoms. The van der Waals surface area contributed by atoms with E-state index in [1.807, 2.05) is 18.2 Å². The number of aromatic nitrogens is 1. The predicted molar refractivity (Wildman–Crippen MR) is 83.2 cm³/mol. The van der Waals surface area contributed by atoms with Crippen LogP contribution in [-0.4, -0.2) is 10.1 Å². The van der Waals surface area contributed by atoms with Crippen molar-refractivity contribution in [3.8, 4) is 11.6 Å². The Morgan fingerprint density at radius 2 is 1.90 bits per heavy atom. The van der Waals surface area contributed by atoms with Crippen molar-refractivity contribution in [3.63, 3.8) is 0 Å². The fourth-order valence-corrected chi connectivity index (χ4v) is 2.25. The zero-order valence-electron chi connectivity index (χ0n) is 11.8. The topological polar surface area (TPSA) is 42.4 Å². The van der Waals surface area contributed by atoms with Crippen LogP contribution in [0.1, 0.15) is 43.9 Å². The summed E-state index contributed by atoms with van der Waals surface area (Å²) < 4.78 is 6.88. The number of halogens is 1.